The van der Waals surface area contributed by atoms with E-state index in [-0.39, 0.29) is 0 Å². The first-order chi connectivity index (χ1) is 11.2. The molecule has 1 N–H and O–H groups in total. The van der Waals surface area contributed by atoms with Gasteiger partial charge in [0, 0.05) is 16.6 Å². The van der Waals surface area contributed by atoms with Gasteiger partial charge in [0.15, 0.2) is 0 Å². The molecule has 0 unspecified atom stereocenters. The summed E-state index contributed by atoms with van der Waals surface area (Å²) in [6.45, 7) is 2.84. The van der Waals surface area contributed by atoms with Crippen LogP contribution in [0.25, 0.3) is 11.3 Å². The fraction of sp³-hybridized carbons (Fsp3) is 0.500. The van der Waals surface area contributed by atoms with Crippen LogP contribution >= 0.6 is 11.6 Å². The molecule has 0 bridgehead atoms. The summed E-state index contributed by atoms with van der Waals surface area (Å²) in [7, 11) is 0. The predicted molar refractivity (Wildman–Crippen MR) is 96.8 cm³/mol. The van der Waals surface area contributed by atoms with Crippen molar-refractivity contribution < 1.29 is 4.42 Å². The van der Waals surface area contributed by atoms with Gasteiger partial charge in [-0.25, -0.2) is 0 Å². The lowest BCUT2D eigenvalue weighted by atomic mass is 9.97. The van der Waals surface area contributed by atoms with E-state index in [1.54, 1.807) is 0 Å². The molecule has 0 spiro atoms. The maximum absolute atomic E-state index is 6.21. The maximum Gasteiger partial charge on any atom is 0.134 e. The smallest absolute Gasteiger partial charge is 0.134 e. The molecular formula is C20H26ClNO. The minimum absolute atomic E-state index is 0.636. The van der Waals surface area contributed by atoms with E-state index in [4.69, 9.17) is 16.0 Å². The van der Waals surface area contributed by atoms with Gasteiger partial charge in [0.1, 0.15) is 11.5 Å². The molecule has 23 heavy (non-hydrogen) atoms. The molecule has 1 aromatic carbocycles. The van der Waals surface area contributed by atoms with Gasteiger partial charge in [-0.2, -0.15) is 0 Å². The van der Waals surface area contributed by atoms with Crippen molar-refractivity contribution in [2.75, 3.05) is 0 Å². The van der Waals surface area contributed by atoms with E-state index in [0.29, 0.717) is 6.04 Å². The van der Waals surface area contributed by atoms with Crippen LogP contribution in [0.15, 0.2) is 34.7 Å². The second-order valence-electron chi connectivity index (χ2n) is 6.60. The molecule has 3 heteroatoms. The number of nitrogens with one attached hydrogen (secondary N) is 1. The molecule has 1 saturated carbocycles. The average molecular weight is 332 g/mol. The third-order valence-electron chi connectivity index (χ3n) is 4.86. The van der Waals surface area contributed by atoms with Crippen molar-refractivity contribution in [3.05, 3.63) is 46.7 Å². The van der Waals surface area contributed by atoms with Crippen molar-refractivity contribution in [3.63, 3.8) is 0 Å². The Hall–Kier alpha value is -1.25. The monoisotopic (exact) mass is 331 g/mol. The van der Waals surface area contributed by atoms with E-state index >= 15 is 0 Å². The topological polar surface area (TPSA) is 25.2 Å². The van der Waals surface area contributed by atoms with Gasteiger partial charge < -0.3 is 9.73 Å². The Kier molecular flexibility index (Phi) is 5.80. The molecule has 2 aromatic rings. The van der Waals surface area contributed by atoms with Crippen LogP contribution < -0.4 is 5.32 Å². The number of rotatable bonds is 4. The van der Waals surface area contributed by atoms with Crippen molar-refractivity contribution in [3.8, 4) is 11.3 Å². The molecule has 2 nitrogen and oxygen atoms in total. The molecule has 0 aliphatic heterocycles. The SMILES string of the molecule is Cc1c(Cl)cccc1-c1ccc(CNC2CCCCCCC2)o1. The summed E-state index contributed by atoms with van der Waals surface area (Å²) < 4.78 is 6.03. The van der Waals surface area contributed by atoms with Crippen LogP contribution in [-0.4, -0.2) is 6.04 Å². The molecule has 0 amide bonds. The summed E-state index contributed by atoms with van der Waals surface area (Å²) in [5, 5.41) is 4.46. The average Bonchev–Trinajstić information content (AvgIpc) is 2.98. The van der Waals surface area contributed by atoms with E-state index in [0.717, 1.165) is 34.2 Å². The summed E-state index contributed by atoms with van der Waals surface area (Å²) >= 11 is 6.21. The number of furan rings is 1. The van der Waals surface area contributed by atoms with Crippen molar-refractivity contribution in [1.29, 1.82) is 0 Å². The number of hydrogen-bond acceptors (Lipinski definition) is 2. The molecule has 124 valence electrons. The molecule has 1 aliphatic carbocycles. The zero-order valence-electron chi connectivity index (χ0n) is 13.9. The van der Waals surface area contributed by atoms with Gasteiger partial charge in [0.05, 0.1) is 6.54 Å². The summed E-state index contributed by atoms with van der Waals surface area (Å²) in [5.74, 6) is 1.90. The first-order valence-corrected chi connectivity index (χ1v) is 9.19. The summed E-state index contributed by atoms with van der Waals surface area (Å²) in [4.78, 5) is 0. The highest BCUT2D eigenvalue weighted by molar-refractivity contribution is 6.31. The standard InChI is InChI=1S/C20H26ClNO/c1-15-18(10-7-11-19(15)21)20-13-12-17(23-20)14-22-16-8-5-3-2-4-6-9-16/h7,10-13,16,22H,2-6,8-9,14H2,1H3. The fourth-order valence-corrected chi connectivity index (χ4v) is 3.57. The Morgan fingerprint density at radius 2 is 1.78 bits per heavy atom. The van der Waals surface area contributed by atoms with E-state index in [1.165, 1.54) is 44.9 Å². The van der Waals surface area contributed by atoms with Gasteiger partial charge in [-0.05, 0) is 43.5 Å². The van der Waals surface area contributed by atoms with Crippen LogP contribution in [0.2, 0.25) is 5.02 Å². The van der Waals surface area contributed by atoms with Crippen LogP contribution in [0.4, 0.5) is 0 Å². The molecular weight excluding hydrogens is 306 g/mol. The predicted octanol–water partition coefficient (Wildman–Crippen LogP) is 6.11. The summed E-state index contributed by atoms with van der Waals surface area (Å²) in [5.41, 5.74) is 2.15. The largest absolute Gasteiger partial charge is 0.460 e. The molecule has 0 saturated heterocycles. The lowest BCUT2D eigenvalue weighted by Crippen LogP contribution is -2.29. The highest BCUT2D eigenvalue weighted by Crippen LogP contribution is 2.29. The van der Waals surface area contributed by atoms with Crippen LogP contribution in [0, 0.1) is 6.92 Å². The van der Waals surface area contributed by atoms with Crippen molar-refractivity contribution in [2.24, 2.45) is 0 Å². The van der Waals surface area contributed by atoms with Gasteiger partial charge in [-0.15, -0.1) is 0 Å². The van der Waals surface area contributed by atoms with Gasteiger partial charge in [0.25, 0.3) is 0 Å². The van der Waals surface area contributed by atoms with Crippen molar-refractivity contribution in [1.82, 2.24) is 5.32 Å². The Morgan fingerprint density at radius 3 is 2.57 bits per heavy atom. The van der Waals surface area contributed by atoms with Crippen LogP contribution in [0.5, 0.6) is 0 Å². The van der Waals surface area contributed by atoms with Crippen LogP contribution in [-0.2, 0) is 6.54 Å². The number of hydrogen-bond donors (Lipinski definition) is 1. The minimum Gasteiger partial charge on any atom is -0.460 e. The molecule has 1 fully saturated rings. The lowest BCUT2D eigenvalue weighted by molar-refractivity contribution is 0.372. The zero-order chi connectivity index (χ0) is 16.1. The molecule has 1 heterocycles. The first-order valence-electron chi connectivity index (χ1n) is 8.81. The second kappa shape index (κ2) is 8.03. The minimum atomic E-state index is 0.636. The zero-order valence-corrected chi connectivity index (χ0v) is 14.7. The van der Waals surface area contributed by atoms with Gasteiger partial charge in [0.2, 0.25) is 0 Å². The fourth-order valence-electron chi connectivity index (χ4n) is 3.40. The Morgan fingerprint density at radius 1 is 1.04 bits per heavy atom. The Balaban J connectivity index is 1.62. The number of halogens is 1. The lowest BCUT2D eigenvalue weighted by Gasteiger charge is -2.20. The quantitative estimate of drug-likeness (QED) is 0.731. The van der Waals surface area contributed by atoms with E-state index in [9.17, 15) is 0 Å². The Labute approximate surface area is 144 Å². The second-order valence-corrected chi connectivity index (χ2v) is 7.01. The molecule has 0 radical (unpaired) electrons. The molecule has 1 aromatic heterocycles. The van der Waals surface area contributed by atoms with E-state index in [2.05, 4.69) is 17.4 Å². The highest BCUT2D eigenvalue weighted by Gasteiger charge is 2.13. The van der Waals surface area contributed by atoms with Gasteiger partial charge >= 0.3 is 0 Å². The highest BCUT2D eigenvalue weighted by atomic mass is 35.5. The van der Waals surface area contributed by atoms with Crippen LogP contribution in [0.3, 0.4) is 0 Å². The third-order valence-corrected chi connectivity index (χ3v) is 5.27. The normalized spacial score (nSPS) is 17.0. The maximum atomic E-state index is 6.21. The van der Waals surface area contributed by atoms with Gasteiger partial charge in [-0.3, -0.25) is 0 Å². The third kappa shape index (κ3) is 4.39. The number of benzene rings is 1. The van der Waals surface area contributed by atoms with Gasteiger partial charge in [-0.1, -0.05) is 55.8 Å². The first kappa shape index (κ1) is 16.6. The van der Waals surface area contributed by atoms with E-state index < -0.39 is 0 Å². The van der Waals surface area contributed by atoms with Crippen molar-refractivity contribution in [2.45, 2.75) is 64.5 Å². The molecule has 0 atom stereocenters. The van der Waals surface area contributed by atoms with Crippen molar-refractivity contribution >= 4 is 11.6 Å². The molecule has 3 rings (SSSR count). The van der Waals surface area contributed by atoms with E-state index in [1.807, 2.05) is 25.1 Å². The van der Waals surface area contributed by atoms with Crippen LogP contribution in [0.1, 0.15) is 56.3 Å². The summed E-state index contributed by atoms with van der Waals surface area (Å²) in [6.07, 6.45) is 9.47. The summed E-state index contributed by atoms with van der Waals surface area (Å²) in [6, 6.07) is 10.7. The molecule has 1 aliphatic rings. The Bertz CT molecular complexity index is 626.